The van der Waals surface area contributed by atoms with Crippen LogP contribution in [-0.2, 0) is 11.3 Å². The number of hydrogen-bond acceptors (Lipinski definition) is 5. The molecule has 1 aromatic carbocycles. The van der Waals surface area contributed by atoms with E-state index >= 15 is 0 Å². The van der Waals surface area contributed by atoms with Crippen LogP contribution in [0.2, 0.25) is 0 Å². The lowest BCUT2D eigenvalue weighted by atomic mass is 10.0. The van der Waals surface area contributed by atoms with E-state index in [0.717, 1.165) is 35.7 Å². The Hall–Kier alpha value is -2.18. The van der Waals surface area contributed by atoms with Gasteiger partial charge in [-0.3, -0.25) is 9.69 Å². The molecule has 0 aliphatic carbocycles. The first-order valence-corrected chi connectivity index (χ1v) is 9.50. The lowest BCUT2D eigenvalue weighted by Crippen LogP contribution is -2.41. The maximum absolute atomic E-state index is 12.3. The third-order valence-electron chi connectivity index (χ3n) is 4.60. The number of nitrogens with one attached hydrogen (secondary N) is 1. The summed E-state index contributed by atoms with van der Waals surface area (Å²) in [4.78, 5) is 19.4. The minimum Gasteiger partial charge on any atom is -0.467 e. The van der Waals surface area contributed by atoms with Crippen molar-refractivity contribution in [2.45, 2.75) is 31.8 Å². The zero-order valence-corrected chi connectivity index (χ0v) is 14.8. The van der Waals surface area contributed by atoms with Gasteiger partial charge in [-0.15, -0.1) is 11.3 Å². The number of rotatable bonds is 5. The number of carbonyl (C=O) groups excluding carboxylic acids is 1. The number of nitrogens with zero attached hydrogens (tertiary/aromatic N) is 2. The maximum Gasteiger partial charge on any atom is 0.234 e. The summed E-state index contributed by atoms with van der Waals surface area (Å²) in [6.07, 6.45) is 5.00. The van der Waals surface area contributed by atoms with E-state index in [-0.39, 0.29) is 11.9 Å². The molecule has 1 amide bonds. The van der Waals surface area contributed by atoms with Crippen LogP contribution in [0.4, 0.5) is 0 Å². The predicted molar refractivity (Wildman–Crippen MR) is 98.3 cm³/mol. The van der Waals surface area contributed by atoms with Gasteiger partial charge in [0.25, 0.3) is 0 Å². The molecule has 1 aliphatic heterocycles. The normalized spacial score (nSPS) is 18.5. The number of fused-ring (bicyclic) bond motifs is 1. The Bertz CT molecular complexity index is 810. The molecule has 3 aromatic rings. The zero-order valence-electron chi connectivity index (χ0n) is 14.0. The third-order valence-corrected chi connectivity index (χ3v) is 5.73. The third kappa shape index (κ3) is 3.75. The second-order valence-electron chi connectivity index (χ2n) is 6.36. The van der Waals surface area contributed by atoms with Gasteiger partial charge < -0.3 is 9.73 Å². The van der Waals surface area contributed by atoms with Gasteiger partial charge in [-0.2, -0.15) is 0 Å². The Morgan fingerprint density at radius 2 is 2.20 bits per heavy atom. The van der Waals surface area contributed by atoms with Crippen molar-refractivity contribution >= 4 is 27.5 Å². The lowest BCUT2D eigenvalue weighted by molar-refractivity contribution is -0.123. The van der Waals surface area contributed by atoms with Crippen LogP contribution in [0.25, 0.3) is 10.2 Å². The van der Waals surface area contributed by atoms with Crippen molar-refractivity contribution < 1.29 is 9.21 Å². The zero-order chi connectivity index (χ0) is 17.1. The van der Waals surface area contributed by atoms with Crippen molar-refractivity contribution in [1.29, 1.82) is 0 Å². The van der Waals surface area contributed by atoms with Crippen molar-refractivity contribution in [3.63, 3.8) is 0 Å². The van der Waals surface area contributed by atoms with Crippen molar-refractivity contribution in [3.8, 4) is 0 Å². The molecule has 0 spiro atoms. The Balaban J connectivity index is 1.44. The van der Waals surface area contributed by atoms with Crippen molar-refractivity contribution in [2.75, 3.05) is 13.1 Å². The van der Waals surface area contributed by atoms with Gasteiger partial charge >= 0.3 is 0 Å². The molecule has 1 saturated heterocycles. The number of carbonyl (C=O) groups is 1. The SMILES string of the molecule is O=C(CN1CCCC[C@H]1c1nc2ccccc2s1)NCc1ccco1. The monoisotopic (exact) mass is 355 g/mol. The summed E-state index contributed by atoms with van der Waals surface area (Å²) in [5, 5.41) is 4.06. The van der Waals surface area contributed by atoms with E-state index in [1.165, 1.54) is 11.1 Å². The topological polar surface area (TPSA) is 58.4 Å². The molecule has 25 heavy (non-hydrogen) atoms. The van der Waals surface area contributed by atoms with Crippen molar-refractivity contribution in [1.82, 2.24) is 15.2 Å². The standard InChI is InChI=1S/C19H21N3O2S/c23-18(20-12-14-6-5-11-24-14)13-22-10-4-3-8-16(22)19-21-15-7-1-2-9-17(15)25-19/h1-2,5-7,9,11,16H,3-4,8,10,12-13H2,(H,20,23)/t16-/m0/s1. The molecule has 1 fully saturated rings. The van der Waals surface area contributed by atoms with E-state index in [1.54, 1.807) is 17.6 Å². The smallest absolute Gasteiger partial charge is 0.234 e. The number of aromatic nitrogens is 1. The van der Waals surface area contributed by atoms with Gasteiger partial charge in [0.05, 0.1) is 35.6 Å². The van der Waals surface area contributed by atoms with Gasteiger partial charge in [0.15, 0.2) is 0 Å². The highest BCUT2D eigenvalue weighted by atomic mass is 32.1. The molecule has 5 nitrogen and oxygen atoms in total. The van der Waals surface area contributed by atoms with Crippen molar-refractivity contribution in [3.05, 3.63) is 53.4 Å². The molecule has 0 unspecified atom stereocenters. The highest BCUT2D eigenvalue weighted by molar-refractivity contribution is 7.18. The molecular weight excluding hydrogens is 334 g/mol. The highest BCUT2D eigenvalue weighted by Crippen LogP contribution is 2.35. The largest absolute Gasteiger partial charge is 0.467 e. The number of likely N-dealkylation sites (tertiary alicyclic amines) is 1. The molecular formula is C19H21N3O2S. The number of benzene rings is 1. The molecule has 6 heteroatoms. The first kappa shape index (κ1) is 16.3. The highest BCUT2D eigenvalue weighted by Gasteiger charge is 2.28. The summed E-state index contributed by atoms with van der Waals surface area (Å²) in [7, 11) is 0. The van der Waals surface area contributed by atoms with Crippen molar-refractivity contribution in [2.24, 2.45) is 0 Å². The molecule has 130 valence electrons. The Morgan fingerprint density at radius 1 is 1.28 bits per heavy atom. The summed E-state index contributed by atoms with van der Waals surface area (Å²) in [5.74, 6) is 0.805. The molecule has 3 heterocycles. The van der Waals surface area contributed by atoms with Crippen LogP contribution < -0.4 is 5.32 Å². The molecule has 2 aromatic heterocycles. The molecule has 0 radical (unpaired) electrons. The summed E-state index contributed by atoms with van der Waals surface area (Å²) in [6.45, 7) is 1.78. The number of amides is 1. The molecule has 0 saturated carbocycles. The van der Waals surface area contributed by atoms with Crippen LogP contribution in [0.5, 0.6) is 0 Å². The minimum absolute atomic E-state index is 0.0319. The fraction of sp³-hybridized carbons (Fsp3) is 0.368. The van der Waals surface area contributed by atoms with Gasteiger partial charge in [-0.05, 0) is 43.7 Å². The van der Waals surface area contributed by atoms with Crippen LogP contribution >= 0.6 is 11.3 Å². The fourth-order valence-corrected chi connectivity index (χ4v) is 4.47. The van der Waals surface area contributed by atoms with Crippen LogP contribution in [-0.4, -0.2) is 28.9 Å². The lowest BCUT2D eigenvalue weighted by Gasteiger charge is -2.33. The van der Waals surface area contributed by atoms with Crippen LogP contribution in [0.3, 0.4) is 0 Å². The number of hydrogen-bond donors (Lipinski definition) is 1. The summed E-state index contributed by atoms with van der Waals surface area (Å²) in [6, 6.07) is 12.2. The van der Waals surface area contributed by atoms with E-state index in [4.69, 9.17) is 9.40 Å². The van der Waals surface area contributed by atoms with E-state index < -0.39 is 0 Å². The van der Waals surface area contributed by atoms with Gasteiger partial charge in [-0.25, -0.2) is 4.98 Å². The van der Waals surface area contributed by atoms with Gasteiger partial charge in [0.1, 0.15) is 10.8 Å². The Kier molecular flexibility index (Phi) is 4.81. The van der Waals surface area contributed by atoms with E-state index in [0.29, 0.717) is 13.1 Å². The predicted octanol–water partition coefficient (Wildman–Crippen LogP) is 3.73. The molecule has 4 rings (SSSR count). The molecule has 1 aliphatic rings. The summed E-state index contributed by atoms with van der Waals surface area (Å²) >= 11 is 1.75. The number of para-hydroxylation sites is 1. The van der Waals surface area contributed by atoms with E-state index in [2.05, 4.69) is 22.3 Å². The number of piperidine rings is 1. The van der Waals surface area contributed by atoms with E-state index in [1.807, 2.05) is 24.3 Å². The Labute approximate surface area is 150 Å². The average molecular weight is 355 g/mol. The van der Waals surface area contributed by atoms with Gasteiger partial charge in [0, 0.05) is 0 Å². The van der Waals surface area contributed by atoms with Crippen LogP contribution in [0, 0.1) is 0 Å². The number of thiazole rings is 1. The first-order chi connectivity index (χ1) is 12.3. The second-order valence-corrected chi connectivity index (χ2v) is 7.42. The van der Waals surface area contributed by atoms with Gasteiger partial charge in [0.2, 0.25) is 5.91 Å². The molecule has 1 atom stereocenters. The van der Waals surface area contributed by atoms with Crippen LogP contribution in [0.15, 0.2) is 47.1 Å². The maximum atomic E-state index is 12.3. The molecule has 1 N–H and O–H groups in total. The van der Waals surface area contributed by atoms with E-state index in [9.17, 15) is 4.79 Å². The fourth-order valence-electron chi connectivity index (χ4n) is 3.33. The quantitative estimate of drug-likeness (QED) is 0.757. The number of furan rings is 1. The Morgan fingerprint density at radius 3 is 3.04 bits per heavy atom. The van der Waals surface area contributed by atoms with Gasteiger partial charge in [-0.1, -0.05) is 18.6 Å². The average Bonchev–Trinajstić information content (AvgIpc) is 3.30. The minimum atomic E-state index is 0.0319. The van der Waals surface area contributed by atoms with Crippen LogP contribution in [0.1, 0.15) is 36.1 Å². The summed E-state index contributed by atoms with van der Waals surface area (Å²) in [5.41, 5.74) is 1.05. The molecule has 0 bridgehead atoms. The second kappa shape index (κ2) is 7.37. The first-order valence-electron chi connectivity index (χ1n) is 8.68. The summed E-state index contributed by atoms with van der Waals surface area (Å²) < 4.78 is 6.47.